The van der Waals surface area contributed by atoms with E-state index in [0.29, 0.717) is 25.2 Å². The van der Waals surface area contributed by atoms with Gasteiger partial charge in [-0.2, -0.15) is 13.2 Å². The number of carbonyl (C=O) groups is 1. The molecule has 5 nitrogen and oxygen atoms in total. The van der Waals surface area contributed by atoms with Crippen LogP contribution in [0.4, 0.5) is 18.9 Å². The summed E-state index contributed by atoms with van der Waals surface area (Å²) < 4.78 is 39.9. The van der Waals surface area contributed by atoms with Crippen LogP contribution >= 0.6 is 0 Å². The molecule has 0 atom stereocenters. The Bertz CT molecular complexity index is 758. The van der Waals surface area contributed by atoms with Crippen molar-refractivity contribution in [2.75, 3.05) is 31.5 Å². The lowest BCUT2D eigenvalue weighted by atomic mass is 9.85. The van der Waals surface area contributed by atoms with Crippen molar-refractivity contribution in [3.63, 3.8) is 0 Å². The summed E-state index contributed by atoms with van der Waals surface area (Å²) in [7, 11) is 0. The first-order valence-electron chi connectivity index (χ1n) is 10.7. The third kappa shape index (κ3) is 5.09. The summed E-state index contributed by atoms with van der Waals surface area (Å²) >= 11 is 0. The highest BCUT2D eigenvalue weighted by Crippen LogP contribution is 2.39. The first-order chi connectivity index (χ1) is 14.0. The highest BCUT2D eigenvalue weighted by molar-refractivity contribution is 5.73. The maximum atomic E-state index is 13.3. The van der Waals surface area contributed by atoms with Gasteiger partial charge in [-0.15, -0.1) is 0 Å². The van der Waals surface area contributed by atoms with Crippen LogP contribution in [0.5, 0.6) is 0 Å². The van der Waals surface area contributed by atoms with Crippen LogP contribution in [0.3, 0.4) is 0 Å². The Morgan fingerprint density at radius 2 is 1.93 bits per heavy atom. The number of rotatable bonds is 7. The minimum absolute atomic E-state index is 0.135. The highest BCUT2D eigenvalue weighted by Gasteiger charge is 2.41. The predicted octanol–water partition coefficient (Wildman–Crippen LogP) is 4.34. The maximum Gasteiger partial charge on any atom is 0.416 e. The fourth-order valence-electron chi connectivity index (χ4n) is 4.58. The average molecular weight is 428 g/mol. The highest BCUT2D eigenvalue weighted by atomic mass is 19.4. The zero-order chi connectivity index (χ0) is 22.0. The molecule has 2 fully saturated rings. The van der Waals surface area contributed by atoms with Crippen molar-refractivity contribution in [2.24, 2.45) is 5.41 Å². The summed E-state index contributed by atoms with van der Waals surface area (Å²) in [6, 6.07) is 3.88. The molecule has 8 heteroatoms. The van der Waals surface area contributed by atoms with Crippen LogP contribution in [-0.4, -0.2) is 47.7 Å². The number of aliphatic carboxylic acids is 1. The van der Waals surface area contributed by atoms with Gasteiger partial charge in [-0.05, 0) is 83.3 Å². The summed E-state index contributed by atoms with van der Waals surface area (Å²) in [4.78, 5) is 13.8. The lowest BCUT2D eigenvalue weighted by Gasteiger charge is -2.42. The van der Waals surface area contributed by atoms with Crippen molar-refractivity contribution in [1.82, 2.24) is 10.2 Å². The molecule has 168 valence electrons. The number of carboxylic acids is 1. The molecule has 0 saturated carbocycles. The molecule has 1 spiro atoms. The van der Waals surface area contributed by atoms with Gasteiger partial charge in [0.2, 0.25) is 0 Å². The Balaban J connectivity index is 1.79. The normalized spacial score (nSPS) is 19.9. The quantitative estimate of drug-likeness (QED) is 0.604. The van der Waals surface area contributed by atoms with E-state index >= 15 is 0 Å². The number of carboxylic acid groups (broad SMARTS) is 1. The van der Waals surface area contributed by atoms with E-state index in [2.05, 4.69) is 15.5 Å². The van der Waals surface area contributed by atoms with E-state index in [1.807, 2.05) is 0 Å². The maximum absolute atomic E-state index is 13.3. The number of hydrogen-bond donors (Lipinski definition) is 3. The van der Waals surface area contributed by atoms with Gasteiger partial charge in [-0.1, -0.05) is 6.07 Å². The average Bonchev–Trinajstić information content (AvgIpc) is 3.04. The number of piperidine rings is 1. The molecule has 1 aromatic rings. The number of likely N-dealkylation sites (tertiary alicyclic amines) is 1. The molecule has 1 aromatic carbocycles. The van der Waals surface area contributed by atoms with Gasteiger partial charge in [-0.25, -0.2) is 0 Å². The lowest BCUT2D eigenvalue weighted by Crippen LogP contribution is -2.50. The van der Waals surface area contributed by atoms with Crippen molar-refractivity contribution in [2.45, 2.75) is 64.2 Å². The van der Waals surface area contributed by atoms with Crippen LogP contribution in [-0.2, 0) is 17.5 Å². The second-order valence-corrected chi connectivity index (χ2v) is 9.23. The van der Waals surface area contributed by atoms with Gasteiger partial charge in [-0.3, -0.25) is 9.69 Å². The zero-order valence-corrected chi connectivity index (χ0v) is 17.7. The molecule has 0 aromatic heterocycles. The molecule has 2 heterocycles. The van der Waals surface area contributed by atoms with Gasteiger partial charge in [0.15, 0.2) is 0 Å². The number of hydrogen-bond acceptors (Lipinski definition) is 4. The van der Waals surface area contributed by atoms with Gasteiger partial charge in [0.05, 0.1) is 11.0 Å². The Labute approximate surface area is 176 Å². The van der Waals surface area contributed by atoms with Crippen molar-refractivity contribution in [3.05, 3.63) is 29.3 Å². The molecule has 30 heavy (non-hydrogen) atoms. The van der Waals surface area contributed by atoms with Crippen molar-refractivity contribution < 1.29 is 23.1 Å². The third-order valence-electron chi connectivity index (χ3n) is 6.72. The molecule has 0 amide bonds. The molecular weight excluding hydrogens is 395 g/mol. The second kappa shape index (κ2) is 8.75. The van der Waals surface area contributed by atoms with E-state index < -0.39 is 23.1 Å². The number of nitrogens with zero attached hydrogens (tertiary/aromatic N) is 1. The monoisotopic (exact) mass is 427 g/mol. The minimum Gasteiger partial charge on any atom is -0.481 e. The van der Waals surface area contributed by atoms with Crippen LogP contribution in [0.1, 0.15) is 57.1 Å². The van der Waals surface area contributed by atoms with E-state index in [9.17, 15) is 23.1 Å². The first kappa shape index (κ1) is 22.9. The fourth-order valence-corrected chi connectivity index (χ4v) is 4.58. The van der Waals surface area contributed by atoms with E-state index in [-0.39, 0.29) is 5.54 Å². The van der Waals surface area contributed by atoms with Gasteiger partial charge in [0, 0.05) is 24.3 Å². The molecule has 2 aliphatic rings. The molecule has 0 bridgehead atoms. The van der Waals surface area contributed by atoms with E-state index in [1.54, 1.807) is 19.9 Å². The van der Waals surface area contributed by atoms with Crippen molar-refractivity contribution in [3.8, 4) is 0 Å². The number of nitrogens with one attached hydrogen (secondary N) is 2. The van der Waals surface area contributed by atoms with Crippen LogP contribution in [0.2, 0.25) is 0 Å². The topological polar surface area (TPSA) is 64.6 Å². The van der Waals surface area contributed by atoms with E-state index in [0.717, 1.165) is 63.0 Å². The number of benzene rings is 1. The number of alkyl halides is 3. The Morgan fingerprint density at radius 1 is 1.23 bits per heavy atom. The molecular formula is C22H32F3N3O2. The predicted molar refractivity (Wildman–Crippen MR) is 110 cm³/mol. The molecule has 0 unspecified atom stereocenters. The molecule has 3 N–H and O–H groups in total. The van der Waals surface area contributed by atoms with Gasteiger partial charge >= 0.3 is 12.1 Å². The van der Waals surface area contributed by atoms with Crippen LogP contribution in [0, 0.1) is 5.41 Å². The minimum atomic E-state index is -4.42. The van der Waals surface area contributed by atoms with Crippen LogP contribution in [0.15, 0.2) is 18.2 Å². The van der Waals surface area contributed by atoms with Crippen LogP contribution < -0.4 is 10.6 Å². The number of anilines is 1. The Kier molecular flexibility index (Phi) is 6.67. The molecule has 2 saturated heterocycles. The smallest absolute Gasteiger partial charge is 0.416 e. The lowest BCUT2D eigenvalue weighted by molar-refractivity contribution is -0.147. The molecule has 3 rings (SSSR count). The van der Waals surface area contributed by atoms with Gasteiger partial charge < -0.3 is 15.7 Å². The van der Waals surface area contributed by atoms with Gasteiger partial charge in [0.25, 0.3) is 0 Å². The summed E-state index contributed by atoms with van der Waals surface area (Å²) in [5.74, 6) is -0.918. The summed E-state index contributed by atoms with van der Waals surface area (Å²) in [5.41, 5.74) is -0.221. The number of halogens is 3. The van der Waals surface area contributed by atoms with Crippen molar-refractivity contribution >= 4 is 11.7 Å². The summed E-state index contributed by atoms with van der Waals surface area (Å²) in [6.07, 6.45) is 0.254. The fraction of sp³-hybridized carbons (Fsp3) is 0.682. The van der Waals surface area contributed by atoms with E-state index in [4.69, 9.17) is 0 Å². The third-order valence-corrected chi connectivity index (χ3v) is 6.72. The molecule has 0 radical (unpaired) electrons. The largest absolute Gasteiger partial charge is 0.481 e. The second-order valence-electron chi connectivity index (χ2n) is 9.23. The summed E-state index contributed by atoms with van der Waals surface area (Å²) in [6.45, 7) is 7.03. The SMILES string of the molecule is CC(C)(CCNc1cc(C(F)(F)F)ccc1CN1CCCC12CCNCC2)C(=O)O. The standard InChI is InChI=1S/C22H32F3N3O2/c1-20(2,19(29)30)7-12-27-18-14-17(22(23,24)25)5-4-16(18)15-28-13-3-6-21(28)8-10-26-11-9-21/h4-5,14,26-27H,3,6-13,15H2,1-2H3,(H,29,30). The Hall–Kier alpha value is -1.80. The molecule has 2 aliphatic heterocycles. The Morgan fingerprint density at radius 3 is 2.57 bits per heavy atom. The first-order valence-corrected chi connectivity index (χ1v) is 10.7. The van der Waals surface area contributed by atoms with Gasteiger partial charge in [0.1, 0.15) is 0 Å². The van der Waals surface area contributed by atoms with Crippen LogP contribution in [0.25, 0.3) is 0 Å². The zero-order valence-electron chi connectivity index (χ0n) is 17.7. The summed E-state index contributed by atoms with van der Waals surface area (Å²) in [5, 5.41) is 15.8. The van der Waals surface area contributed by atoms with E-state index in [1.165, 1.54) is 0 Å². The van der Waals surface area contributed by atoms with Crippen molar-refractivity contribution in [1.29, 1.82) is 0 Å². The molecule has 0 aliphatic carbocycles.